The summed E-state index contributed by atoms with van der Waals surface area (Å²) in [6.07, 6.45) is 0.768. The number of hydrogen-bond donors (Lipinski definition) is 2. The van der Waals surface area contributed by atoms with Gasteiger partial charge in [-0.3, -0.25) is 4.79 Å². The van der Waals surface area contributed by atoms with Crippen LogP contribution in [0.5, 0.6) is 5.75 Å². The highest BCUT2D eigenvalue weighted by atomic mass is 127. The Bertz CT molecular complexity index is 692. The molecule has 0 saturated heterocycles. The molecule has 0 aliphatic rings. The van der Waals surface area contributed by atoms with Gasteiger partial charge in [0.1, 0.15) is 18.2 Å². The van der Waals surface area contributed by atoms with Crippen molar-refractivity contribution in [2.45, 2.75) is 26.0 Å². The summed E-state index contributed by atoms with van der Waals surface area (Å²) in [7, 11) is 0. The van der Waals surface area contributed by atoms with Crippen LogP contribution in [0.2, 0.25) is 0 Å². The van der Waals surface area contributed by atoms with E-state index in [0.29, 0.717) is 13.2 Å². The Labute approximate surface area is 154 Å². The minimum Gasteiger partial charge on any atom is -0.489 e. The van der Waals surface area contributed by atoms with Crippen molar-refractivity contribution in [3.05, 3.63) is 63.0 Å². The summed E-state index contributed by atoms with van der Waals surface area (Å²) in [5.74, 6) is 0.145. The second-order valence-electron chi connectivity index (χ2n) is 5.50. The van der Waals surface area contributed by atoms with Crippen LogP contribution in [-0.2, 0) is 17.8 Å². The van der Waals surface area contributed by atoms with E-state index in [-0.39, 0.29) is 17.8 Å². The van der Waals surface area contributed by atoms with Crippen LogP contribution in [-0.4, -0.2) is 18.5 Å². The van der Waals surface area contributed by atoms with Crippen LogP contribution < -0.4 is 15.8 Å². The molecule has 2 aromatic carbocycles. The average molecular weight is 442 g/mol. The van der Waals surface area contributed by atoms with Gasteiger partial charge in [0.05, 0.1) is 6.04 Å². The van der Waals surface area contributed by atoms with Crippen molar-refractivity contribution in [1.82, 2.24) is 5.32 Å². The van der Waals surface area contributed by atoms with Crippen LogP contribution in [0.1, 0.15) is 18.1 Å². The molecule has 2 aromatic rings. The third-order valence-corrected chi connectivity index (χ3v) is 4.66. The van der Waals surface area contributed by atoms with E-state index in [9.17, 15) is 9.18 Å². The zero-order valence-corrected chi connectivity index (χ0v) is 15.5. The maximum Gasteiger partial charge on any atom is 0.234 e. The van der Waals surface area contributed by atoms with Crippen LogP contribution in [0.4, 0.5) is 4.39 Å². The smallest absolute Gasteiger partial charge is 0.234 e. The van der Waals surface area contributed by atoms with Crippen molar-refractivity contribution in [3.8, 4) is 5.75 Å². The van der Waals surface area contributed by atoms with Gasteiger partial charge in [0, 0.05) is 3.57 Å². The standard InChI is InChI=1S/C18H20FIN2O2/c1-12(18(21)23)22-9-8-14-10-16(6-7-17(14)20)24-11-13-2-4-15(19)5-3-13/h2-7,10,12,22H,8-9,11H2,1H3,(H2,21,23)/t12-/m1/s1. The van der Waals surface area contributed by atoms with E-state index in [1.807, 2.05) is 18.2 Å². The van der Waals surface area contributed by atoms with E-state index in [2.05, 4.69) is 27.9 Å². The first kappa shape index (κ1) is 18.7. The molecule has 0 bridgehead atoms. The first-order chi connectivity index (χ1) is 11.5. The molecule has 0 radical (unpaired) electrons. The molecule has 1 amide bonds. The molecule has 3 N–H and O–H groups in total. The van der Waals surface area contributed by atoms with Crippen LogP contribution >= 0.6 is 22.6 Å². The van der Waals surface area contributed by atoms with Gasteiger partial charge in [-0.2, -0.15) is 0 Å². The lowest BCUT2D eigenvalue weighted by atomic mass is 10.1. The third kappa shape index (κ3) is 5.76. The molecule has 128 valence electrons. The Hall–Kier alpha value is -1.67. The zero-order chi connectivity index (χ0) is 17.5. The predicted octanol–water partition coefficient (Wildman–Crippen LogP) is 3.02. The number of nitrogens with one attached hydrogen (secondary N) is 1. The van der Waals surface area contributed by atoms with Crippen LogP contribution in [0.3, 0.4) is 0 Å². The molecule has 0 aliphatic heterocycles. The fourth-order valence-corrected chi connectivity index (χ4v) is 2.71. The van der Waals surface area contributed by atoms with Crippen molar-refractivity contribution in [3.63, 3.8) is 0 Å². The molecule has 4 nitrogen and oxygen atoms in total. The molecule has 2 rings (SSSR count). The summed E-state index contributed by atoms with van der Waals surface area (Å²) in [5, 5.41) is 3.09. The van der Waals surface area contributed by atoms with Crippen LogP contribution in [0.25, 0.3) is 0 Å². The number of ether oxygens (including phenoxy) is 1. The van der Waals surface area contributed by atoms with Crippen molar-refractivity contribution < 1.29 is 13.9 Å². The van der Waals surface area contributed by atoms with Crippen molar-refractivity contribution in [1.29, 1.82) is 0 Å². The highest BCUT2D eigenvalue weighted by Crippen LogP contribution is 2.21. The first-order valence-corrected chi connectivity index (χ1v) is 8.72. The van der Waals surface area contributed by atoms with Crippen LogP contribution in [0, 0.1) is 9.39 Å². The van der Waals surface area contributed by atoms with E-state index in [1.54, 1.807) is 19.1 Å². The van der Waals surface area contributed by atoms with E-state index in [0.717, 1.165) is 26.9 Å². The van der Waals surface area contributed by atoms with E-state index in [4.69, 9.17) is 10.5 Å². The average Bonchev–Trinajstić information content (AvgIpc) is 2.56. The number of hydrogen-bond acceptors (Lipinski definition) is 3. The summed E-state index contributed by atoms with van der Waals surface area (Å²) in [6.45, 7) is 2.79. The van der Waals surface area contributed by atoms with Gasteiger partial charge in [-0.05, 0) is 83.9 Å². The molecule has 0 unspecified atom stereocenters. The Balaban J connectivity index is 1.92. The summed E-state index contributed by atoms with van der Waals surface area (Å²) >= 11 is 2.27. The first-order valence-electron chi connectivity index (χ1n) is 7.64. The third-order valence-electron chi connectivity index (χ3n) is 3.61. The highest BCUT2D eigenvalue weighted by molar-refractivity contribution is 14.1. The normalized spacial score (nSPS) is 12.0. The number of carbonyl (C=O) groups excluding carboxylic acids is 1. The van der Waals surface area contributed by atoms with E-state index in [1.165, 1.54) is 12.1 Å². The monoisotopic (exact) mass is 442 g/mol. The Morgan fingerprint density at radius 3 is 2.67 bits per heavy atom. The quantitative estimate of drug-likeness (QED) is 0.618. The fourth-order valence-electron chi connectivity index (χ4n) is 2.10. The van der Waals surface area contributed by atoms with Gasteiger partial charge >= 0.3 is 0 Å². The molecule has 24 heavy (non-hydrogen) atoms. The Morgan fingerprint density at radius 1 is 1.29 bits per heavy atom. The minimum atomic E-state index is -0.360. The number of rotatable bonds is 8. The molecular weight excluding hydrogens is 422 g/mol. The summed E-state index contributed by atoms with van der Waals surface area (Å²) in [4.78, 5) is 11.0. The van der Waals surface area contributed by atoms with Crippen molar-refractivity contribution in [2.75, 3.05) is 6.54 Å². The molecule has 0 fully saturated rings. The lowest BCUT2D eigenvalue weighted by Gasteiger charge is -2.12. The fraction of sp³-hybridized carbons (Fsp3) is 0.278. The summed E-state index contributed by atoms with van der Waals surface area (Å²) < 4.78 is 19.8. The van der Waals surface area contributed by atoms with Gasteiger partial charge in [-0.15, -0.1) is 0 Å². The van der Waals surface area contributed by atoms with E-state index >= 15 is 0 Å². The molecule has 1 atom stereocenters. The second kappa shape index (κ2) is 8.98. The Kier molecular flexibility index (Phi) is 6.99. The van der Waals surface area contributed by atoms with Crippen molar-refractivity contribution in [2.24, 2.45) is 5.73 Å². The minimum absolute atomic E-state index is 0.256. The lowest BCUT2D eigenvalue weighted by Crippen LogP contribution is -2.39. The number of primary amides is 1. The molecule has 0 heterocycles. The van der Waals surface area contributed by atoms with Gasteiger partial charge < -0.3 is 15.8 Å². The molecule has 0 aliphatic carbocycles. The molecule has 0 aromatic heterocycles. The molecule has 6 heteroatoms. The van der Waals surface area contributed by atoms with Gasteiger partial charge in [0.25, 0.3) is 0 Å². The second-order valence-corrected chi connectivity index (χ2v) is 6.66. The van der Waals surface area contributed by atoms with Gasteiger partial charge in [0.2, 0.25) is 5.91 Å². The number of halogens is 2. The number of carbonyl (C=O) groups is 1. The van der Waals surface area contributed by atoms with Crippen LogP contribution in [0.15, 0.2) is 42.5 Å². The summed E-state index contributed by atoms with van der Waals surface area (Å²) in [6, 6.07) is 11.8. The zero-order valence-electron chi connectivity index (χ0n) is 13.4. The predicted molar refractivity (Wildman–Crippen MR) is 100 cm³/mol. The number of benzene rings is 2. The molecule has 0 spiro atoms. The molecule has 0 saturated carbocycles. The van der Waals surface area contributed by atoms with E-state index < -0.39 is 0 Å². The van der Waals surface area contributed by atoms with Gasteiger partial charge in [-0.25, -0.2) is 4.39 Å². The largest absolute Gasteiger partial charge is 0.489 e. The molecular formula is C18H20FIN2O2. The maximum absolute atomic E-state index is 12.9. The lowest BCUT2D eigenvalue weighted by molar-refractivity contribution is -0.119. The number of nitrogens with two attached hydrogens (primary N) is 1. The SMILES string of the molecule is C[C@@H](NCCc1cc(OCc2ccc(F)cc2)ccc1I)C(N)=O. The van der Waals surface area contributed by atoms with Gasteiger partial charge in [-0.1, -0.05) is 12.1 Å². The highest BCUT2D eigenvalue weighted by Gasteiger charge is 2.08. The summed E-state index contributed by atoms with van der Waals surface area (Å²) in [5.41, 5.74) is 7.27. The number of amides is 1. The Morgan fingerprint density at radius 2 is 2.00 bits per heavy atom. The van der Waals surface area contributed by atoms with Crippen molar-refractivity contribution >= 4 is 28.5 Å². The van der Waals surface area contributed by atoms with Gasteiger partial charge in [0.15, 0.2) is 0 Å². The maximum atomic E-state index is 12.9. The topological polar surface area (TPSA) is 64.3 Å².